The Balaban J connectivity index is 1.40. The van der Waals surface area contributed by atoms with Crippen LogP contribution in [0.1, 0.15) is 22.9 Å². The molecule has 0 saturated carbocycles. The number of pyridine rings is 1. The van der Waals surface area contributed by atoms with Gasteiger partial charge in [0.05, 0.1) is 18.7 Å². The molecule has 0 fully saturated rings. The molecule has 122 valence electrons. The standard InChI is InChI=1S/C19H18N2O2S/c22-16-11-13-5-1-2-6-15(13)19(16)21-12-14-8-9-18(23-14)24-17-7-3-4-10-20-17/h1-10,16,19,21-22H,11-12H2/t16-,19+/m0/s1. The lowest BCUT2D eigenvalue weighted by molar-refractivity contribution is 0.139. The topological polar surface area (TPSA) is 58.3 Å². The Hall–Kier alpha value is -2.08. The molecule has 24 heavy (non-hydrogen) atoms. The average Bonchev–Trinajstić information content (AvgIpc) is 3.17. The van der Waals surface area contributed by atoms with Crippen molar-refractivity contribution in [2.75, 3.05) is 0 Å². The summed E-state index contributed by atoms with van der Waals surface area (Å²) in [5, 5.41) is 15.4. The van der Waals surface area contributed by atoms with Gasteiger partial charge in [0.25, 0.3) is 0 Å². The van der Waals surface area contributed by atoms with Gasteiger partial charge in [-0.1, -0.05) is 30.3 Å². The molecule has 3 aromatic rings. The van der Waals surface area contributed by atoms with Crippen molar-refractivity contribution in [1.82, 2.24) is 10.3 Å². The smallest absolute Gasteiger partial charge is 0.166 e. The molecule has 0 saturated heterocycles. The third-order valence-corrected chi connectivity index (χ3v) is 5.05. The number of furan rings is 1. The molecule has 0 unspecified atom stereocenters. The SMILES string of the molecule is O[C@H]1Cc2ccccc2[C@H]1NCc1ccc(Sc2ccccn2)o1. The molecule has 1 aliphatic rings. The fraction of sp³-hybridized carbons (Fsp3) is 0.211. The Bertz CT molecular complexity index is 819. The van der Waals surface area contributed by atoms with E-state index in [0.717, 1.165) is 15.9 Å². The lowest BCUT2D eigenvalue weighted by Gasteiger charge is -2.17. The van der Waals surface area contributed by atoms with Crippen molar-refractivity contribution >= 4 is 11.8 Å². The van der Waals surface area contributed by atoms with Crippen LogP contribution in [0, 0.1) is 0 Å². The molecular formula is C19H18N2O2S. The van der Waals surface area contributed by atoms with E-state index in [1.54, 1.807) is 6.20 Å². The Morgan fingerprint density at radius 3 is 2.88 bits per heavy atom. The molecule has 4 rings (SSSR count). The van der Waals surface area contributed by atoms with Gasteiger partial charge < -0.3 is 14.8 Å². The van der Waals surface area contributed by atoms with Crippen molar-refractivity contribution < 1.29 is 9.52 Å². The van der Waals surface area contributed by atoms with Crippen LogP contribution >= 0.6 is 11.8 Å². The average molecular weight is 338 g/mol. The van der Waals surface area contributed by atoms with E-state index in [4.69, 9.17) is 4.42 Å². The van der Waals surface area contributed by atoms with E-state index >= 15 is 0 Å². The Morgan fingerprint density at radius 1 is 1.12 bits per heavy atom. The van der Waals surface area contributed by atoms with E-state index in [1.165, 1.54) is 22.9 Å². The van der Waals surface area contributed by atoms with E-state index in [1.807, 2.05) is 42.5 Å². The minimum atomic E-state index is -0.389. The zero-order valence-electron chi connectivity index (χ0n) is 13.1. The fourth-order valence-electron chi connectivity index (χ4n) is 3.05. The molecule has 2 aromatic heterocycles. The number of aromatic nitrogens is 1. The maximum absolute atomic E-state index is 10.3. The molecule has 5 heteroatoms. The van der Waals surface area contributed by atoms with Crippen molar-refractivity contribution in [2.24, 2.45) is 0 Å². The Labute approximate surface area is 144 Å². The molecule has 0 aliphatic heterocycles. The van der Waals surface area contributed by atoms with Crippen molar-refractivity contribution in [3.8, 4) is 0 Å². The predicted octanol–water partition coefficient (Wildman–Crippen LogP) is 3.57. The number of aliphatic hydroxyl groups excluding tert-OH is 1. The maximum atomic E-state index is 10.3. The molecule has 4 nitrogen and oxygen atoms in total. The normalized spacial score (nSPS) is 19.4. The molecule has 0 spiro atoms. The van der Waals surface area contributed by atoms with E-state index in [9.17, 15) is 5.11 Å². The van der Waals surface area contributed by atoms with E-state index < -0.39 is 0 Å². The highest BCUT2D eigenvalue weighted by Crippen LogP contribution is 2.32. The summed E-state index contributed by atoms with van der Waals surface area (Å²) in [7, 11) is 0. The van der Waals surface area contributed by atoms with E-state index in [-0.39, 0.29) is 12.1 Å². The molecule has 0 amide bonds. The van der Waals surface area contributed by atoms with Crippen molar-refractivity contribution in [3.05, 3.63) is 77.7 Å². The molecule has 2 atom stereocenters. The van der Waals surface area contributed by atoms with Gasteiger partial charge in [-0.05, 0) is 47.2 Å². The first-order chi connectivity index (χ1) is 11.8. The number of aliphatic hydroxyl groups is 1. The second-order valence-electron chi connectivity index (χ2n) is 5.82. The lowest BCUT2D eigenvalue weighted by Crippen LogP contribution is -2.28. The number of nitrogens with one attached hydrogen (secondary N) is 1. The third-order valence-electron chi connectivity index (χ3n) is 4.18. The first kappa shape index (κ1) is 15.4. The predicted molar refractivity (Wildman–Crippen MR) is 92.8 cm³/mol. The number of nitrogens with zero attached hydrogens (tertiary/aromatic N) is 1. The Kier molecular flexibility index (Phi) is 4.38. The maximum Gasteiger partial charge on any atom is 0.166 e. The summed E-state index contributed by atoms with van der Waals surface area (Å²) in [5.74, 6) is 0.852. The summed E-state index contributed by atoms with van der Waals surface area (Å²) in [4.78, 5) is 4.28. The molecular weight excluding hydrogens is 320 g/mol. The minimum Gasteiger partial charge on any atom is -0.453 e. The molecule has 2 N–H and O–H groups in total. The summed E-state index contributed by atoms with van der Waals surface area (Å²) < 4.78 is 5.85. The van der Waals surface area contributed by atoms with Crippen LogP contribution in [-0.2, 0) is 13.0 Å². The number of hydrogen-bond donors (Lipinski definition) is 2. The van der Waals surface area contributed by atoms with Crippen LogP contribution in [0.4, 0.5) is 0 Å². The third kappa shape index (κ3) is 3.24. The van der Waals surface area contributed by atoms with Crippen molar-refractivity contribution in [1.29, 1.82) is 0 Å². The summed E-state index contributed by atoms with van der Waals surface area (Å²) in [5.41, 5.74) is 2.40. The zero-order chi connectivity index (χ0) is 16.4. The number of hydrogen-bond acceptors (Lipinski definition) is 5. The van der Waals surface area contributed by atoms with Gasteiger partial charge >= 0.3 is 0 Å². The quantitative estimate of drug-likeness (QED) is 0.745. The second kappa shape index (κ2) is 6.81. The van der Waals surface area contributed by atoms with Gasteiger partial charge in [0.15, 0.2) is 5.09 Å². The van der Waals surface area contributed by atoms with Crippen LogP contribution in [0.3, 0.4) is 0 Å². The lowest BCUT2D eigenvalue weighted by atomic mass is 10.1. The molecule has 1 aromatic carbocycles. The second-order valence-corrected chi connectivity index (χ2v) is 6.84. The first-order valence-corrected chi connectivity index (χ1v) is 8.78. The van der Waals surface area contributed by atoms with Crippen LogP contribution < -0.4 is 5.32 Å². The molecule has 2 heterocycles. The van der Waals surface area contributed by atoms with Crippen LogP contribution in [0.25, 0.3) is 0 Å². The van der Waals surface area contributed by atoms with E-state index in [2.05, 4.69) is 22.4 Å². The highest BCUT2D eigenvalue weighted by molar-refractivity contribution is 7.99. The summed E-state index contributed by atoms with van der Waals surface area (Å²) >= 11 is 1.50. The summed E-state index contributed by atoms with van der Waals surface area (Å²) in [6, 6.07) is 17.9. The molecule has 0 radical (unpaired) electrons. The van der Waals surface area contributed by atoms with Gasteiger partial charge in [0.2, 0.25) is 0 Å². The summed E-state index contributed by atoms with van der Waals surface area (Å²) in [6.07, 6.45) is 2.08. The largest absolute Gasteiger partial charge is 0.453 e. The number of fused-ring (bicyclic) bond motifs is 1. The van der Waals surface area contributed by atoms with E-state index in [0.29, 0.717) is 13.0 Å². The van der Waals surface area contributed by atoms with Crippen molar-refractivity contribution in [2.45, 2.75) is 35.2 Å². The van der Waals surface area contributed by atoms with Crippen LogP contribution in [0.5, 0.6) is 0 Å². The zero-order valence-corrected chi connectivity index (χ0v) is 13.9. The highest BCUT2D eigenvalue weighted by atomic mass is 32.2. The highest BCUT2D eigenvalue weighted by Gasteiger charge is 2.30. The summed E-state index contributed by atoms with van der Waals surface area (Å²) in [6.45, 7) is 0.582. The van der Waals surface area contributed by atoms with Gasteiger partial charge in [-0.3, -0.25) is 0 Å². The van der Waals surface area contributed by atoms with Crippen molar-refractivity contribution in [3.63, 3.8) is 0 Å². The first-order valence-electron chi connectivity index (χ1n) is 7.96. The van der Waals surface area contributed by atoms with Gasteiger partial charge in [-0.2, -0.15) is 0 Å². The van der Waals surface area contributed by atoms with Gasteiger partial charge in [0, 0.05) is 12.6 Å². The van der Waals surface area contributed by atoms with Crippen LogP contribution in [-0.4, -0.2) is 16.2 Å². The Morgan fingerprint density at radius 2 is 2.00 bits per heavy atom. The van der Waals surface area contributed by atoms with Gasteiger partial charge in [0.1, 0.15) is 10.8 Å². The number of rotatable bonds is 5. The molecule has 0 bridgehead atoms. The fourth-order valence-corrected chi connectivity index (χ4v) is 3.80. The number of benzene rings is 1. The van der Waals surface area contributed by atoms with Crippen LogP contribution in [0.15, 0.2) is 75.3 Å². The molecule has 1 aliphatic carbocycles. The van der Waals surface area contributed by atoms with Gasteiger partial charge in [-0.15, -0.1) is 0 Å². The minimum absolute atomic E-state index is 0.0433. The van der Waals surface area contributed by atoms with Gasteiger partial charge in [-0.25, -0.2) is 4.98 Å². The monoisotopic (exact) mass is 338 g/mol. The van der Waals surface area contributed by atoms with Crippen LogP contribution in [0.2, 0.25) is 0 Å².